The van der Waals surface area contributed by atoms with Gasteiger partial charge >= 0.3 is 0 Å². The molecule has 0 radical (unpaired) electrons. The van der Waals surface area contributed by atoms with Crippen LogP contribution in [-0.4, -0.2) is 6.61 Å². The second-order valence-corrected chi connectivity index (χ2v) is 5.59. The smallest absolute Gasteiger partial charge is 0.163 e. The number of anilines is 1. The second-order valence-electron chi connectivity index (χ2n) is 5.59. The van der Waals surface area contributed by atoms with E-state index in [9.17, 15) is 0 Å². The molecule has 3 heteroatoms. The molecular formula is C18H21NO2. The first-order chi connectivity index (χ1) is 10.3. The molecule has 3 rings (SSSR count). The van der Waals surface area contributed by atoms with Crippen molar-refractivity contribution in [1.29, 1.82) is 0 Å². The molecule has 3 nitrogen and oxygen atoms in total. The predicted molar refractivity (Wildman–Crippen MR) is 84.5 cm³/mol. The van der Waals surface area contributed by atoms with Gasteiger partial charge in [-0.25, -0.2) is 0 Å². The van der Waals surface area contributed by atoms with Crippen molar-refractivity contribution in [1.82, 2.24) is 0 Å². The SMILES string of the molecule is Nc1ccc(OCC2CCC2)c(OCc2ccccc2)c1. The molecule has 1 fully saturated rings. The van der Waals surface area contributed by atoms with E-state index >= 15 is 0 Å². The fraction of sp³-hybridized carbons (Fsp3) is 0.333. The molecule has 0 atom stereocenters. The first-order valence-electron chi connectivity index (χ1n) is 7.50. The Morgan fingerprint density at radius 2 is 1.76 bits per heavy atom. The van der Waals surface area contributed by atoms with Gasteiger partial charge in [0.05, 0.1) is 6.61 Å². The highest BCUT2D eigenvalue weighted by atomic mass is 16.5. The van der Waals surface area contributed by atoms with Crippen LogP contribution in [0, 0.1) is 5.92 Å². The number of nitrogen functional groups attached to an aromatic ring is 1. The lowest BCUT2D eigenvalue weighted by Crippen LogP contribution is -2.19. The Labute approximate surface area is 125 Å². The van der Waals surface area contributed by atoms with Gasteiger partial charge in [-0.1, -0.05) is 36.8 Å². The fourth-order valence-electron chi connectivity index (χ4n) is 2.36. The maximum absolute atomic E-state index is 5.90. The van der Waals surface area contributed by atoms with Crippen LogP contribution in [0.2, 0.25) is 0 Å². The van der Waals surface area contributed by atoms with Crippen LogP contribution in [0.3, 0.4) is 0 Å². The minimum absolute atomic E-state index is 0.518. The molecule has 0 heterocycles. The Hall–Kier alpha value is -2.16. The number of benzene rings is 2. The average molecular weight is 283 g/mol. The van der Waals surface area contributed by atoms with Crippen molar-refractivity contribution < 1.29 is 9.47 Å². The maximum atomic E-state index is 5.90. The van der Waals surface area contributed by atoms with E-state index in [1.807, 2.05) is 48.5 Å². The highest BCUT2D eigenvalue weighted by molar-refractivity contribution is 5.52. The molecular weight excluding hydrogens is 262 g/mol. The van der Waals surface area contributed by atoms with Gasteiger partial charge < -0.3 is 15.2 Å². The van der Waals surface area contributed by atoms with E-state index in [2.05, 4.69) is 0 Å². The minimum atomic E-state index is 0.518. The lowest BCUT2D eigenvalue weighted by atomic mass is 9.86. The van der Waals surface area contributed by atoms with Crippen LogP contribution in [0.1, 0.15) is 24.8 Å². The predicted octanol–water partition coefficient (Wildman–Crippen LogP) is 4.03. The summed E-state index contributed by atoms with van der Waals surface area (Å²) in [7, 11) is 0. The molecule has 0 aliphatic heterocycles. The van der Waals surface area contributed by atoms with Crippen LogP contribution in [0.15, 0.2) is 48.5 Å². The van der Waals surface area contributed by atoms with E-state index in [0.717, 1.165) is 23.7 Å². The molecule has 21 heavy (non-hydrogen) atoms. The van der Waals surface area contributed by atoms with Gasteiger partial charge in [0.15, 0.2) is 11.5 Å². The molecule has 2 aromatic carbocycles. The number of nitrogens with two attached hydrogens (primary N) is 1. The Kier molecular flexibility index (Phi) is 4.29. The van der Waals surface area contributed by atoms with Gasteiger partial charge in [-0.05, 0) is 36.5 Å². The number of rotatable bonds is 6. The van der Waals surface area contributed by atoms with E-state index in [-0.39, 0.29) is 0 Å². The van der Waals surface area contributed by atoms with Crippen LogP contribution in [0.4, 0.5) is 5.69 Å². The molecule has 0 saturated heterocycles. The van der Waals surface area contributed by atoms with Gasteiger partial charge in [-0.2, -0.15) is 0 Å². The van der Waals surface area contributed by atoms with E-state index in [1.54, 1.807) is 0 Å². The first-order valence-corrected chi connectivity index (χ1v) is 7.50. The van der Waals surface area contributed by atoms with Crippen molar-refractivity contribution in [2.75, 3.05) is 12.3 Å². The highest BCUT2D eigenvalue weighted by Crippen LogP contribution is 2.33. The third kappa shape index (κ3) is 3.69. The molecule has 0 bridgehead atoms. The normalized spacial score (nSPS) is 14.5. The molecule has 0 aromatic heterocycles. The number of ether oxygens (including phenoxy) is 2. The van der Waals surface area contributed by atoms with E-state index in [4.69, 9.17) is 15.2 Å². The zero-order chi connectivity index (χ0) is 14.5. The standard InChI is InChI=1S/C18H21NO2/c19-16-9-10-17(20-12-15-7-4-8-15)18(11-16)21-13-14-5-2-1-3-6-14/h1-3,5-6,9-11,15H,4,7-8,12-13,19H2. The Morgan fingerprint density at radius 1 is 0.952 bits per heavy atom. The van der Waals surface area contributed by atoms with Crippen molar-refractivity contribution in [3.8, 4) is 11.5 Å². The van der Waals surface area contributed by atoms with Crippen LogP contribution in [0.5, 0.6) is 11.5 Å². The summed E-state index contributed by atoms with van der Waals surface area (Å²) >= 11 is 0. The molecule has 0 amide bonds. The minimum Gasteiger partial charge on any atom is -0.489 e. The van der Waals surface area contributed by atoms with Gasteiger partial charge in [0.1, 0.15) is 6.61 Å². The van der Waals surface area contributed by atoms with Gasteiger partial charge in [0, 0.05) is 11.8 Å². The topological polar surface area (TPSA) is 44.5 Å². The van der Waals surface area contributed by atoms with Gasteiger partial charge in [0.25, 0.3) is 0 Å². The van der Waals surface area contributed by atoms with Crippen molar-refractivity contribution in [3.05, 3.63) is 54.1 Å². The van der Waals surface area contributed by atoms with E-state index in [0.29, 0.717) is 18.2 Å². The Bertz CT molecular complexity index is 579. The van der Waals surface area contributed by atoms with Gasteiger partial charge in [0.2, 0.25) is 0 Å². The summed E-state index contributed by atoms with van der Waals surface area (Å²) in [6, 6.07) is 15.7. The van der Waals surface area contributed by atoms with Crippen molar-refractivity contribution >= 4 is 5.69 Å². The van der Waals surface area contributed by atoms with Crippen LogP contribution < -0.4 is 15.2 Å². The summed E-state index contributed by atoms with van der Waals surface area (Å²) in [6.07, 6.45) is 3.87. The zero-order valence-electron chi connectivity index (χ0n) is 12.1. The van der Waals surface area contributed by atoms with E-state index < -0.39 is 0 Å². The lowest BCUT2D eigenvalue weighted by molar-refractivity contribution is 0.172. The van der Waals surface area contributed by atoms with Crippen molar-refractivity contribution in [2.24, 2.45) is 5.92 Å². The van der Waals surface area contributed by atoms with Gasteiger partial charge in [-0.3, -0.25) is 0 Å². The zero-order valence-corrected chi connectivity index (χ0v) is 12.1. The molecule has 0 unspecified atom stereocenters. The third-order valence-electron chi connectivity index (χ3n) is 3.90. The largest absolute Gasteiger partial charge is 0.489 e. The summed E-state index contributed by atoms with van der Waals surface area (Å²) < 4.78 is 11.8. The Balaban J connectivity index is 1.65. The summed E-state index contributed by atoms with van der Waals surface area (Å²) in [6.45, 7) is 1.29. The second kappa shape index (κ2) is 6.53. The van der Waals surface area contributed by atoms with Crippen LogP contribution in [-0.2, 0) is 6.61 Å². The van der Waals surface area contributed by atoms with Crippen molar-refractivity contribution in [3.63, 3.8) is 0 Å². The molecule has 0 spiro atoms. The van der Waals surface area contributed by atoms with Gasteiger partial charge in [-0.15, -0.1) is 0 Å². The molecule has 110 valence electrons. The molecule has 1 aliphatic carbocycles. The lowest BCUT2D eigenvalue weighted by Gasteiger charge is -2.25. The molecule has 2 N–H and O–H groups in total. The average Bonchev–Trinajstić information content (AvgIpc) is 2.46. The quantitative estimate of drug-likeness (QED) is 0.814. The third-order valence-corrected chi connectivity index (χ3v) is 3.90. The molecule has 1 aliphatic rings. The summed E-state index contributed by atoms with van der Waals surface area (Å²) in [5.74, 6) is 2.20. The number of hydrogen-bond acceptors (Lipinski definition) is 3. The number of hydrogen-bond donors (Lipinski definition) is 1. The highest BCUT2D eigenvalue weighted by Gasteiger charge is 2.18. The monoisotopic (exact) mass is 283 g/mol. The fourth-order valence-corrected chi connectivity index (χ4v) is 2.36. The molecule has 1 saturated carbocycles. The first kappa shape index (κ1) is 13.8. The summed E-state index contributed by atoms with van der Waals surface area (Å²) in [5.41, 5.74) is 7.67. The summed E-state index contributed by atoms with van der Waals surface area (Å²) in [5, 5.41) is 0. The van der Waals surface area contributed by atoms with Crippen molar-refractivity contribution in [2.45, 2.75) is 25.9 Å². The van der Waals surface area contributed by atoms with Crippen LogP contribution >= 0.6 is 0 Å². The van der Waals surface area contributed by atoms with Crippen LogP contribution in [0.25, 0.3) is 0 Å². The molecule has 2 aromatic rings. The Morgan fingerprint density at radius 3 is 2.48 bits per heavy atom. The maximum Gasteiger partial charge on any atom is 0.163 e. The summed E-state index contributed by atoms with van der Waals surface area (Å²) in [4.78, 5) is 0. The van der Waals surface area contributed by atoms with E-state index in [1.165, 1.54) is 19.3 Å².